The Bertz CT molecular complexity index is 1740. The van der Waals surface area contributed by atoms with Gasteiger partial charge in [0.25, 0.3) is 5.91 Å². The number of aromatic amines is 1. The average Bonchev–Trinajstić information content (AvgIpc) is 3.76. The molecule has 2 saturated heterocycles. The van der Waals surface area contributed by atoms with Gasteiger partial charge in [0.1, 0.15) is 11.6 Å². The van der Waals surface area contributed by atoms with E-state index in [1.54, 1.807) is 28.8 Å². The average molecular weight is 656 g/mol. The number of thiazole rings is 1. The number of carbonyl (C=O) groups is 3. The molecule has 3 aliphatic heterocycles. The van der Waals surface area contributed by atoms with E-state index in [0.29, 0.717) is 49.2 Å². The smallest absolute Gasteiger partial charge is 0.305 e. The van der Waals surface area contributed by atoms with Crippen LogP contribution in [0.1, 0.15) is 22.8 Å². The van der Waals surface area contributed by atoms with Crippen LogP contribution in [0.5, 0.6) is 5.75 Å². The number of ether oxygens (including phenoxy) is 2. The molecule has 2 aliphatic carbocycles. The van der Waals surface area contributed by atoms with Crippen molar-refractivity contribution in [3.05, 3.63) is 73.4 Å². The van der Waals surface area contributed by atoms with Gasteiger partial charge in [-0.3, -0.25) is 24.1 Å². The van der Waals surface area contributed by atoms with E-state index < -0.39 is 17.7 Å². The number of aromatic nitrogens is 1. The fraction of sp³-hybridized carbons (Fsp3) is 0.419. The fourth-order valence-corrected chi connectivity index (χ4v) is 11.2. The largest absolute Gasteiger partial charge is 0.483 e. The molecule has 2 bridgehead atoms. The van der Waals surface area contributed by atoms with Crippen LogP contribution in [-0.2, 0) is 19.1 Å². The second-order valence-electron chi connectivity index (χ2n) is 11.9. The third kappa shape index (κ3) is 4.36. The summed E-state index contributed by atoms with van der Waals surface area (Å²) in [7, 11) is 0. The molecule has 0 unspecified atom stereocenters. The Labute approximate surface area is 264 Å². The lowest BCUT2D eigenvalue weighted by Gasteiger charge is -2.43. The van der Waals surface area contributed by atoms with Crippen LogP contribution < -0.4 is 14.5 Å². The number of halogens is 2. The first kappa shape index (κ1) is 28.3. The third-order valence-corrected chi connectivity index (χ3v) is 12.7. The highest BCUT2D eigenvalue weighted by Crippen LogP contribution is 2.69. The molecule has 1 aromatic heterocycles. The van der Waals surface area contributed by atoms with Crippen molar-refractivity contribution in [1.82, 2.24) is 9.88 Å². The first-order valence-electron chi connectivity index (χ1n) is 14.6. The van der Waals surface area contributed by atoms with E-state index in [1.807, 2.05) is 6.07 Å². The van der Waals surface area contributed by atoms with Gasteiger partial charge in [0, 0.05) is 39.7 Å². The molecule has 4 fully saturated rings. The molecule has 7 atom stereocenters. The van der Waals surface area contributed by atoms with Gasteiger partial charge in [-0.25, -0.2) is 4.39 Å². The molecule has 0 spiro atoms. The zero-order valence-corrected chi connectivity index (χ0v) is 25.6. The number of benzene rings is 2. The zero-order valence-electron chi connectivity index (χ0n) is 23.2. The zero-order chi connectivity index (χ0) is 30.3. The quantitative estimate of drug-likeness (QED) is 0.412. The van der Waals surface area contributed by atoms with Crippen molar-refractivity contribution in [1.29, 1.82) is 0 Å². The second kappa shape index (κ2) is 10.7. The molecule has 228 valence electrons. The number of rotatable bonds is 5. The summed E-state index contributed by atoms with van der Waals surface area (Å²) < 4.78 is 25.2. The van der Waals surface area contributed by atoms with Gasteiger partial charge in [-0.1, -0.05) is 22.9 Å². The standard InChI is InChI=1S/C31H27ClFN3O6S2/c32-14-1-6-20(42-13-21(37)35-7-9-41-10-8-35)17(11-14)22-23-18-12-19(26(23)43-28-27(22)44-31(40)34-28)25-24(18)29(38)36(30(25)39)16-4-2-15(33)3-5-16/h1-6,11,18-19,22-26H,7-10,12-13H2,(H,34,40)/t18-,19-,22+,23-,24+,25+,26-/m1/s1. The summed E-state index contributed by atoms with van der Waals surface area (Å²) in [6.07, 6.45) is 0.717. The molecule has 9 nitrogen and oxygen atoms in total. The lowest BCUT2D eigenvalue weighted by atomic mass is 9.68. The number of nitrogens with zero attached hydrogens (tertiary/aromatic N) is 2. The SMILES string of the molecule is O=C(COc1ccc(Cl)cc1[C@@H]1c2sc(=O)[nH]c2S[C@@H]2[C@@H]3C[C@@H]([C@@H]4C(=O)N(c5ccc(F)cc5)C(=O)[C@@H]34)[C@H]12)N1CCOCC1. The van der Waals surface area contributed by atoms with E-state index in [1.165, 1.54) is 29.2 Å². The molecular weight excluding hydrogens is 629 g/mol. The van der Waals surface area contributed by atoms with Crippen molar-refractivity contribution in [3.63, 3.8) is 0 Å². The number of morpholine rings is 1. The number of imide groups is 1. The van der Waals surface area contributed by atoms with Gasteiger partial charge >= 0.3 is 4.87 Å². The number of nitrogens with one attached hydrogen (secondary N) is 1. The molecule has 3 aromatic rings. The van der Waals surface area contributed by atoms with Crippen LogP contribution in [0.2, 0.25) is 5.02 Å². The van der Waals surface area contributed by atoms with Crippen molar-refractivity contribution in [2.24, 2.45) is 29.6 Å². The third-order valence-electron chi connectivity index (χ3n) is 9.83. The number of anilines is 1. The van der Waals surface area contributed by atoms with E-state index in [4.69, 9.17) is 21.1 Å². The number of H-pyrrole nitrogens is 1. The summed E-state index contributed by atoms with van der Waals surface area (Å²) in [5, 5.41) is 1.22. The first-order valence-corrected chi connectivity index (χ1v) is 16.7. The Kier molecular flexibility index (Phi) is 6.89. The normalized spacial score (nSPS) is 30.4. The molecule has 4 heterocycles. The summed E-state index contributed by atoms with van der Waals surface area (Å²) in [6, 6.07) is 10.7. The van der Waals surface area contributed by atoms with Gasteiger partial charge in [0.05, 0.1) is 35.8 Å². The van der Waals surface area contributed by atoms with Crippen LogP contribution in [0.25, 0.3) is 0 Å². The molecule has 2 aromatic carbocycles. The monoisotopic (exact) mass is 655 g/mol. The van der Waals surface area contributed by atoms with Crippen LogP contribution >= 0.6 is 34.7 Å². The van der Waals surface area contributed by atoms with E-state index in [-0.39, 0.29) is 58.1 Å². The predicted molar refractivity (Wildman–Crippen MR) is 162 cm³/mol. The van der Waals surface area contributed by atoms with E-state index in [9.17, 15) is 23.6 Å². The summed E-state index contributed by atoms with van der Waals surface area (Å²) in [4.78, 5) is 60.0. The molecule has 5 aliphatic rings. The molecule has 1 N–H and O–H groups in total. The van der Waals surface area contributed by atoms with Crippen molar-refractivity contribution < 1.29 is 28.2 Å². The van der Waals surface area contributed by atoms with Gasteiger partial charge in [-0.15, -0.1) is 11.8 Å². The fourth-order valence-electron chi connectivity index (χ4n) is 8.15. The molecule has 2 saturated carbocycles. The van der Waals surface area contributed by atoms with Crippen molar-refractivity contribution >= 4 is 58.1 Å². The maximum atomic E-state index is 13.9. The maximum Gasteiger partial charge on any atom is 0.305 e. The highest BCUT2D eigenvalue weighted by atomic mass is 35.5. The number of carbonyl (C=O) groups excluding carboxylic acids is 3. The molecular formula is C31H27ClFN3O6S2. The van der Waals surface area contributed by atoms with Crippen molar-refractivity contribution in [2.45, 2.75) is 22.6 Å². The van der Waals surface area contributed by atoms with Gasteiger partial charge in [0.2, 0.25) is 11.8 Å². The Balaban J connectivity index is 1.16. The Morgan fingerprint density at radius 3 is 2.52 bits per heavy atom. The number of fused-ring (bicyclic) bond motifs is 9. The first-order chi connectivity index (χ1) is 21.3. The van der Waals surface area contributed by atoms with E-state index >= 15 is 0 Å². The number of hydrogen-bond donors (Lipinski definition) is 1. The van der Waals surface area contributed by atoms with Crippen LogP contribution in [0, 0.1) is 35.4 Å². The van der Waals surface area contributed by atoms with E-state index in [2.05, 4.69) is 4.98 Å². The highest BCUT2D eigenvalue weighted by Gasteiger charge is 2.69. The van der Waals surface area contributed by atoms with Gasteiger partial charge in [-0.2, -0.15) is 0 Å². The van der Waals surface area contributed by atoms with Crippen LogP contribution in [0.3, 0.4) is 0 Å². The van der Waals surface area contributed by atoms with Crippen LogP contribution in [-0.4, -0.2) is 65.8 Å². The molecule has 44 heavy (non-hydrogen) atoms. The van der Waals surface area contributed by atoms with Gasteiger partial charge < -0.3 is 19.4 Å². The summed E-state index contributed by atoms with van der Waals surface area (Å²) in [6.45, 7) is 1.83. The summed E-state index contributed by atoms with van der Waals surface area (Å²) >= 11 is 9.28. The molecule has 8 rings (SSSR count). The highest BCUT2D eigenvalue weighted by molar-refractivity contribution is 8.00. The Morgan fingerprint density at radius 2 is 1.77 bits per heavy atom. The van der Waals surface area contributed by atoms with Gasteiger partial charge in [0.15, 0.2) is 6.61 Å². The lowest BCUT2D eigenvalue weighted by Crippen LogP contribution is -2.43. The Morgan fingerprint density at radius 1 is 1.05 bits per heavy atom. The minimum absolute atomic E-state index is 0.0317. The lowest BCUT2D eigenvalue weighted by molar-refractivity contribution is -0.137. The Hall–Kier alpha value is -3.19. The minimum Gasteiger partial charge on any atom is -0.483 e. The van der Waals surface area contributed by atoms with E-state index in [0.717, 1.165) is 26.8 Å². The van der Waals surface area contributed by atoms with Crippen molar-refractivity contribution in [2.75, 3.05) is 37.8 Å². The maximum absolute atomic E-state index is 13.9. The summed E-state index contributed by atoms with van der Waals surface area (Å²) in [5.74, 6) is -2.17. The molecule has 0 radical (unpaired) electrons. The van der Waals surface area contributed by atoms with Gasteiger partial charge in [-0.05, 0) is 66.6 Å². The number of thioether (sulfide) groups is 1. The second-order valence-corrected chi connectivity index (χ2v) is 14.6. The molecule has 3 amide bonds. The number of hydrogen-bond acceptors (Lipinski definition) is 8. The molecule has 13 heteroatoms. The minimum atomic E-state index is -0.509. The van der Waals surface area contributed by atoms with Crippen LogP contribution in [0.4, 0.5) is 10.1 Å². The number of amides is 3. The van der Waals surface area contributed by atoms with Crippen molar-refractivity contribution in [3.8, 4) is 5.75 Å². The predicted octanol–water partition coefficient (Wildman–Crippen LogP) is 4.14. The van der Waals surface area contributed by atoms with Crippen LogP contribution in [0.15, 0.2) is 52.3 Å². The summed E-state index contributed by atoms with van der Waals surface area (Å²) in [5.41, 5.74) is 1.14. The topological polar surface area (TPSA) is 109 Å².